The Morgan fingerprint density at radius 3 is 2.29 bits per heavy atom. The summed E-state index contributed by atoms with van der Waals surface area (Å²) in [7, 11) is 0. The number of para-hydroxylation sites is 1. The summed E-state index contributed by atoms with van der Waals surface area (Å²) in [5.41, 5.74) is 1.80. The predicted molar refractivity (Wildman–Crippen MR) is 118 cm³/mol. The number of ether oxygens (including phenoxy) is 2. The maximum absolute atomic E-state index is 13.2. The highest BCUT2D eigenvalue weighted by Gasteiger charge is 2.31. The van der Waals surface area contributed by atoms with Gasteiger partial charge in [-0.05, 0) is 30.5 Å². The van der Waals surface area contributed by atoms with Gasteiger partial charge in [-0.1, -0.05) is 42.5 Å². The zero-order valence-electron chi connectivity index (χ0n) is 17.9. The number of nitrogens with zero attached hydrogens (tertiary/aromatic N) is 2. The molecule has 0 bridgehead atoms. The lowest BCUT2D eigenvalue weighted by Gasteiger charge is -2.35. The van der Waals surface area contributed by atoms with Crippen LogP contribution >= 0.6 is 0 Å². The molecule has 0 spiro atoms. The molecule has 31 heavy (non-hydrogen) atoms. The van der Waals surface area contributed by atoms with Gasteiger partial charge in [0.2, 0.25) is 5.91 Å². The van der Waals surface area contributed by atoms with Crippen LogP contribution in [-0.4, -0.2) is 67.6 Å². The summed E-state index contributed by atoms with van der Waals surface area (Å²) >= 11 is 0. The lowest BCUT2D eigenvalue weighted by molar-refractivity contribution is -0.141. The van der Waals surface area contributed by atoms with Gasteiger partial charge in [-0.15, -0.1) is 0 Å². The van der Waals surface area contributed by atoms with Crippen molar-refractivity contribution < 1.29 is 19.1 Å². The van der Waals surface area contributed by atoms with Gasteiger partial charge < -0.3 is 19.3 Å². The Morgan fingerprint density at radius 1 is 0.871 bits per heavy atom. The van der Waals surface area contributed by atoms with Crippen molar-refractivity contribution in [3.63, 3.8) is 0 Å². The molecule has 2 amide bonds. The van der Waals surface area contributed by atoms with Crippen LogP contribution in [0.15, 0.2) is 54.6 Å². The van der Waals surface area contributed by atoms with E-state index in [1.165, 1.54) is 5.56 Å². The summed E-state index contributed by atoms with van der Waals surface area (Å²) in [4.78, 5) is 29.7. The quantitative estimate of drug-likeness (QED) is 0.718. The summed E-state index contributed by atoms with van der Waals surface area (Å²) in [6.45, 7) is 4.28. The number of likely N-dealkylation sites (tertiary alicyclic amines) is 1. The van der Waals surface area contributed by atoms with Gasteiger partial charge in [0, 0.05) is 38.5 Å². The van der Waals surface area contributed by atoms with Gasteiger partial charge in [-0.2, -0.15) is 0 Å². The minimum Gasteiger partial charge on any atom is -0.492 e. The zero-order valence-corrected chi connectivity index (χ0v) is 17.9. The molecule has 0 atom stereocenters. The molecule has 6 heteroatoms. The molecule has 0 unspecified atom stereocenters. The van der Waals surface area contributed by atoms with Crippen LogP contribution in [0.25, 0.3) is 0 Å². The molecule has 0 saturated carbocycles. The van der Waals surface area contributed by atoms with Gasteiger partial charge in [-0.25, -0.2) is 0 Å². The first-order valence-corrected chi connectivity index (χ1v) is 11.1. The molecule has 4 rings (SSSR count). The van der Waals surface area contributed by atoms with E-state index in [1.54, 1.807) is 0 Å². The Morgan fingerprint density at radius 2 is 1.55 bits per heavy atom. The van der Waals surface area contributed by atoms with E-state index >= 15 is 0 Å². The van der Waals surface area contributed by atoms with Crippen LogP contribution in [-0.2, 0) is 16.0 Å². The molecule has 2 saturated heterocycles. The Bertz CT molecular complexity index is 872. The van der Waals surface area contributed by atoms with Gasteiger partial charge >= 0.3 is 0 Å². The Kier molecular flexibility index (Phi) is 7.20. The van der Waals surface area contributed by atoms with Gasteiger partial charge in [0.25, 0.3) is 5.91 Å². The van der Waals surface area contributed by atoms with Crippen LogP contribution in [0, 0.1) is 5.92 Å². The monoisotopic (exact) mass is 422 g/mol. The Labute approximate surface area is 183 Å². The number of carbonyl (C=O) groups excluding carboxylic acids is 2. The predicted octanol–water partition coefficient (Wildman–Crippen LogP) is 3.02. The molecule has 2 aromatic carbocycles. The number of morpholine rings is 1. The van der Waals surface area contributed by atoms with Crippen LogP contribution in [0.1, 0.15) is 28.8 Å². The van der Waals surface area contributed by atoms with Crippen molar-refractivity contribution in [2.24, 2.45) is 5.92 Å². The standard InChI is InChI=1S/C25H30N2O4/c28-24(27-15-18-30-19-16-27)21-10-13-26(14-11-21)25(29)22-8-4-5-9-23(22)31-17-12-20-6-2-1-3-7-20/h1-9,21H,10-19H2. The number of amides is 2. The van der Waals surface area contributed by atoms with E-state index in [4.69, 9.17) is 9.47 Å². The van der Waals surface area contributed by atoms with Crippen LogP contribution in [0.2, 0.25) is 0 Å². The van der Waals surface area contributed by atoms with E-state index in [2.05, 4.69) is 12.1 Å². The summed E-state index contributed by atoms with van der Waals surface area (Å²) in [5, 5.41) is 0. The van der Waals surface area contributed by atoms with E-state index in [-0.39, 0.29) is 17.7 Å². The highest BCUT2D eigenvalue weighted by Crippen LogP contribution is 2.25. The maximum Gasteiger partial charge on any atom is 0.257 e. The Balaban J connectivity index is 1.32. The fourth-order valence-corrected chi connectivity index (χ4v) is 4.23. The summed E-state index contributed by atoms with van der Waals surface area (Å²) in [5.74, 6) is 0.807. The van der Waals surface area contributed by atoms with Crippen molar-refractivity contribution in [1.82, 2.24) is 9.80 Å². The van der Waals surface area contributed by atoms with Gasteiger partial charge in [-0.3, -0.25) is 9.59 Å². The minimum atomic E-state index is -0.0208. The molecule has 6 nitrogen and oxygen atoms in total. The van der Waals surface area contributed by atoms with Gasteiger partial charge in [0.05, 0.1) is 25.4 Å². The van der Waals surface area contributed by atoms with Crippen LogP contribution in [0.4, 0.5) is 0 Å². The molecule has 2 heterocycles. The SMILES string of the molecule is O=C(c1ccccc1OCCc1ccccc1)N1CCC(C(=O)N2CCOCC2)CC1. The summed E-state index contributed by atoms with van der Waals surface area (Å²) < 4.78 is 11.3. The van der Waals surface area contributed by atoms with Crippen molar-refractivity contribution in [2.45, 2.75) is 19.3 Å². The highest BCUT2D eigenvalue weighted by atomic mass is 16.5. The van der Waals surface area contributed by atoms with E-state index < -0.39 is 0 Å². The average Bonchev–Trinajstić information content (AvgIpc) is 2.85. The van der Waals surface area contributed by atoms with Crippen molar-refractivity contribution >= 4 is 11.8 Å². The van der Waals surface area contributed by atoms with Crippen molar-refractivity contribution in [3.8, 4) is 5.75 Å². The molecule has 0 N–H and O–H groups in total. The van der Waals surface area contributed by atoms with E-state index in [9.17, 15) is 9.59 Å². The number of piperidine rings is 1. The van der Waals surface area contributed by atoms with E-state index in [0.29, 0.717) is 70.2 Å². The molecule has 0 aliphatic carbocycles. The van der Waals surface area contributed by atoms with E-state index in [0.717, 1.165) is 6.42 Å². The lowest BCUT2D eigenvalue weighted by Crippen LogP contribution is -2.47. The second kappa shape index (κ2) is 10.4. The third-order valence-electron chi connectivity index (χ3n) is 6.06. The summed E-state index contributed by atoms with van der Waals surface area (Å²) in [6, 6.07) is 17.6. The number of carbonyl (C=O) groups is 2. The smallest absolute Gasteiger partial charge is 0.257 e. The Hall–Kier alpha value is -2.86. The van der Waals surface area contributed by atoms with Gasteiger partial charge in [0.1, 0.15) is 5.75 Å². The molecule has 0 radical (unpaired) electrons. The first kappa shape index (κ1) is 21.4. The maximum atomic E-state index is 13.2. The molecular weight excluding hydrogens is 392 g/mol. The topological polar surface area (TPSA) is 59.1 Å². The molecule has 2 aromatic rings. The minimum absolute atomic E-state index is 0.000448. The normalized spacial score (nSPS) is 17.4. The fraction of sp³-hybridized carbons (Fsp3) is 0.440. The zero-order chi connectivity index (χ0) is 21.5. The van der Waals surface area contributed by atoms with Crippen LogP contribution in [0.5, 0.6) is 5.75 Å². The lowest BCUT2D eigenvalue weighted by atomic mass is 9.94. The van der Waals surface area contributed by atoms with Crippen LogP contribution < -0.4 is 4.74 Å². The molecular formula is C25H30N2O4. The van der Waals surface area contributed by atoms with Crippen molar-refractivity contribution in [1.29, 1.82) is 0 Å². The highest BCUT2D eigenvalue weighted by molar-refractivity contribution is 5.97. The molecule has 2 fully saturated rings. The molecule has 2 aliphatic rings. The third kappa shape index (κ3) is 5.44. The number of hydrogen-bond donors (Lipinski definition) is 0. The first-order chi connectivity index (χ1) is 15.2. The number of benzene rings is 2. The van der Waals surface area contributed by atoms with E-state index in [1.807, 2.05) is 52.3 Å². The first-order valence-electron chi connectivity index (χ1n) is 11.1. The third-order valence-corrected chi connectivity index (χ3v) is 6.06. The molecule has 0 aromatic heterocycles. The average molecular weight is 423 g/mol. The summed E-state index contributed by atoms with van der Waals surface area (Å²) in [6.07, 6.45) is 2.20. The number of rotatable bonds is 6. The second-order valence-corrected chi connectivity index (χ2v) is 8.08. The fourth-order valence-electron chi connectivity index (χ4n) is 4.23. The largest absolute Gasteiger partial charge is 0.492 e. The van der Waals surface area contributed by atoms with Crippen LogP contribution in [0.3, 0.4) is 0 Å². The molecule has 2 aliphatic heterocycles. The van der Waals surface area contributed by atoms with Gasteiger partial charge in [0.15, 0.2) is 0 Å². The number of hydrogen-bond acceptors (Lipinski definition) is 4. The van der Waals surface area contributed by atoms with Crippen molar-refractivity contribution in [2.75, 3.05) is 46.0 Å². The van der Waals surface area contributed by atoms with Crippen molar-refractivity contribution in [3.05, 3.63) is 65.7 Å². The second-order valence-electron chi connectivity index (χ2n) is 8.08. The molecule has 164 valence electrons.